The van der Waals surface area contributed by atoms with Gasteiger partial charge >= 0.3 is 0 Å². The van der Waals surface area contributed by atoms with Gasteiger partial charge < -0.3 is 5.11 Å². The van der Waals surface area contributed by atoms with Crippen LogP contribution < -0.4 is 0 Å². The van der Waals surface area contributed by atoms with Crippen molar-refractivity contribution in [3.63, 3.8) is 0 Å². The molecular formula is C17H28N2OS. The molecule has 118 valence electrons. The Morgan fingerprint density at radius 1 is 1.38 bits per heavy atom. The molecule has 1 fully saturated rings. The zero-order valence-electron chi connectivity index (χ0n) is 13.4. The molecule has 0 bridgehead atoms. The van der Waals surface area contributed by atoms with E-state index in [4.69, 9.17) is 4.98 Å². The topological polar surface area (TPSA) is 36.4 Å². The van der Waals surface area contributed by atoms with Crippen LogP contribution in [-0.2, 0) is 19.4 Å². The number of hydrogen-bond acceptors (Lipinski definition) is 4. The minimum atomic E-state index is 0.189. The smallest absolute Gasteiger partial charge is 0.107 e. The summed E-state index contributed by atoms with van der Waals surface area (Å²) in [6.45, 7) is 8.14. The van der Waals surface area contributed by atoms with Crippen LogP contribution in [0.25, 0.3) is 0 Å². The Bertz CT molecular complexity index is 471. The summed E-state index contributed by atoms with van der Waals surface area (Å²) < 4.78 is 0. The Hall–Kier alpha value is -0.450. The van der Waals surface area contributed by atoms with Gasteiger partial charge in [-0.15, -0.1) is 11.3 Å². The summed E-state index contributed by atoms with van der Waals surface area (Å²) >= 11 is 1.94. The molecule has 1 atom stereocenters. The zero-order valence-corrected chi connectivity index (χ0v) is 14.2. The second-order valence-electron chi connectivity index (χ2n) is 7.11. The standard InChI is InChI=1S/C17H28N2OS/c1-3-17(12-20)6-8-19(9-7-17)11-16-18-14-5-4-13(2)10-15(14)21-16/h13,20H,3-12H2,1-2H3. The van der Waals surface area contributed by atoms with Gasteiger partial charge in [0.15, 0.2) is 0 Å². The number of fused-ring (bicyclic) bond motifs is 1. The summed E-state index contributed by atoms with van der Waals surface area (Å²) in [4.78, 5) is 8.95. The lowest BCUT2D eigenvalue weighted by molar-refractivity contribution is 0.0382. The van der Waals surface area contributed by atoms with Crippen LogP contribution in [0.5, 0.6) is 0 Å². The Morgan fingerprint density at radius 2 is 2.14 bits per heavy atom. The van der Waals surface area contributed by atoms with Crippen molar-refractivity contribution in [2.45, 2.75) is 58.9 Å². The van der Waals surface area contributed by atoms with E-state index in [1.165, 1.54) is 30.0 Å². The molecule has 1 aromatic heterocycles. The molecule has 0 saturated carbocycles. The third kappa shape index (κ3) is 3.33. The molecule has 1 unspecified atom stereocenters. The van der Waals surface area contributed by atoms with Gasteiger partial charge in [-0.05, 0) is 62.9 Å². The van der Waals surface area contributed by atoms with Crippen molar-refractivity contribution in [2.24, 2.45) is 11.3 Å². The van der Waals surface area contributed by atoms with Crippen molar-refractivity contribution in [3.8, 4) is 0 Å². The summed E-state index contributed by atoms with van der Waals surface area (Å²) in [6, 6.07) is 0. The maximum absolute atomic E-state index is 9.62. The number of aryl methyl sites for hydroxylation is 1. The van der Waals surface area contributed by atoms with Crippen LogP contribution in [0.15, 0.2) is 0 Å². The summed E-state index contributed by atoms with van der Waals surface area (Å²) in [5.74, 6) is 0.829. The minimum Gasteiger partial charge on any atom is -0.396 e. The highest BCUT2D eigenvalue weighted by atomic mass is 32.1. The predicted octanol–water partition coefficient (Wildman–Crippen LogP) is 3.25. The number of aliphatic hydroxyl groups is 1. The Morgan fingerprint density at radius 3 is 2.81 bits per heavy atom. The van der Waals surface area contributed by atoms with Crippen LogP contribution in [0, 0.1) is 11.3 Å². The lowest BCUT2D eigenvalue weighted by Crippen LogP contribution is -2.41. The first-order valence-electron chi connectivity index (χ1n) is 8.45. The van der Waals surface area contributed by atoms with E-state index in [2.05, 4.69) is 18.7 Å². The summed E-state index contributed by atoms with van der Waals surface area (Å²) in [6.07, 6.45) is 7.06. The fourth-order valence-electron chi connectivity index (χ4n) is 3.66. The van der Waals surface area contributed by atoms with Crippen LogP contribution in [-0.4, -0.2) is 34.7 Å². The van der Waals surface area contributed by atoms with Gasteiger partial charge in [-0.25, -0.2) is 4.98 Å². The van der Waals surface area contributed by atoms with E-state index in [-0.39, 0.29) is 5.41 Å². The maximum Gasteiger partial charge on any atom is 0.107 e. The molecule has 0 amide bonds. The predicted molar refractivity (Wildman–Crippen MR) is 87.6 cm³/mol. The molecule has 4 heteroatoms. The zero-order chi connectivity index (χ0) is 14.9. The van der Waals surface area contributed by atoms with Crippen molar-refractivity contribution in [1.29, 1.82) is 0 Å². The first kappa shape index (κ1) is 15.4. The van der Waals surface area contributed by atoms with Gasteiger partial charge in [0.1, 0.15) is 5.01 Å². The number of nitrogens with zero attached hydrogens (tertiary/aromatic N) is 2. The van der Waals surface area contributed by atoms with E-state index < -0.39 is 0 Å². The van der Waals surface area contributed by atoms with Gasteiger partial charge in [0.2, 0.25) is 0 Å². The lowest BCUT2D eigenvalue weighted by Gasteiger charge is -2.39. The largest absolute Gasteiger partial charge is 0.396 e. The Kier molecular flexibility index (Phi) is 4.67. The number of piperidine rings is 1. The van der Waals surface area contributed by atoms with Gasteiger partial charge in [0.25, 0.3) is 0 Å². The molecule has 1 saturated heterocycles. The lowest BCUT2D eigenvalue weighted by atomic mass is 9.77. The second-order valence-corrected chi connectivity index (χ2v) is 8.28. The molecule has 0 aromatic carbocycles. The van der Waals surface area contributed by atoms with Crippen LogP contribution in [0.2, 0.25) is 0 Å². The van der Waals surface area contributed by atoms with E-state index >= 15 is 0 Å². The van der Waals surface area contributed by atoms with E-state index in [0.717, 1.165) is 44.8 Å². The minimum absolute atomic E-state index is 0.189. The highest BCUT2D eigenvalue weighted by Crippen LogP contribution is 2.35. The third-order valence-electron chi connectivity index (χ3n) is 5.59. The van der Waals surface area contributed by atoms with E-state index in [0.29, 0.717) is 6.61 Å². The van der Waals surface area contributed by atoms with Crippen molar-refractivity contribution >= 4 is 11.3 Å². The quantitative estimate of drug-likeness (QED) is 0.927. The molecule has 2 heterocycles. The van der Waals surface area contributed by atoms with Gasteiger partial charge in [-0.2, -0.15) is 0 Å². The highest BCUT2D eigenvalue weighted by Gasteiger charge is 2.32. The number of aromatic nitrogens is 1. The van der Waals surface area contributed by atoms with E-state index in [9.17, 15) is 5.11 Å². The Balaban J connectivity index is 1.59. The van der Waals surface area contributed by atoms with Crippen LogP contribution >= 0.6 is 11.3 Å². The molecule has 0 radical (unpaired) electrons. The average molecular weight is 308 g/mol. The number of rotatable bonds is 4. The molecule has 1 aliphatic carbocycles. The van der Waals surface area contributed by atoms with E-state index in [1.807, 2.05) is 11.3 Å². The monoisotopic (exact) mass is 308 g/mol. The van der Waals surface area contributed by atoms with Crippen LogP contribution in [0.3, 0.4) is 0 Å². The molecular weight excluding hydrogens is 280 g/mol. The summed E-state index contributed by atoms with van der Waals surface area (Å²) in [7, 11) is 0. The molecule has 1 N–H and O–H groups in total. The van der Waals surface area contributed by atoms with Crippen molar-refractivity contribution in [2.75, 3.05) is 19.7 Å². The maximum atomic E-state index is 9.62. The summed E-state index contributed by atoms with van der Waals surface area (Å²) in [5.41, 5.74) is 1.57. The second kappa shape index (κ2) is 6.35. The normalized spacial score (nSPS) is 25.8. The Labute approximate surface area is 132 Å². The molecule has 1 aliphatic heterocycles. The molecule has 1 aromatic rings. The average Bonchev–Trinajstić information content (AvgIpc) is 2.90. The van der Waals surface area contributed by atoms with Crippen molar-refractivity contribution in [1.82, 2.24) is 9.88 Å². The number of hydrogen-bond donors (Lipinski definition) is 1. The number of likely N-dealkylation sites (tertiary alicyclic amines) is 1. The molecule has 0 spiro atoms. The first-order chi connectivity index (χ1) is 10.1. The fraction of sp³-hybridized carbons (Fsp3) is 0.824. The van der Waals surface area contributed by atoms with Crippen LogP contribution in [0.4, 0.5) is 0 Å². The fourth-order valence-corrected chi connectivity index (χ4v) is 4.98. The van der Waals surface area contributed by atoms with Crippen molar-refractivity contribution < 1.29 is 5.11 Å². The van der Waals surface area contributed by atoms with Gasteiger partial charge in [0.05, 0.1) is 12.2 Å². The highest BCUT2D eigenvalue weighted by molar-refractivity contribution is 7.11. The first-order valence-corrected chi connectivity index (χ1v) is 9.26. The molecule has 3 rings (SSSR count). The third-order valence-corrected chi connectivity index (χ3v) is 6.70. The summed E-state index contributed by atoms with van der Waals surface area (Å²) in [5, 5.41) is 10.9. The SMILES string of the molecule is CCC1(CO)CCN(Cc2nc3c(s2)CC(C)CC3)CC1. The molecule has 21 heavy (non-hydrogen) atoms. The van der Waals surface area contributed by atoms with E-state index in [1.54, 1.807) is 4.88 Å². The van der Waals surface area contributed by atoms with Crippen LogP contribution in [0.1, 0.15) is 55.1 Å². The number of thiazole rings is 1. The molecule has 3 nitrogen and oxygen atoms in total. The van der Waals surface area contributed by atoms with Crippen molar-refractivity contribution in [3.05, 3.63) is 15.6 Å². The number of aliphatic hydroxyl groups excluding tert-OH is 1. The van der Waals surface area contributed by atoms with Gasteiger partial charge in [0, 0.05) is 11.5 Å². The van der Waals surface area contributed by atoms with Gasteiger partial charge in [-0.3, -0.25) is 4.90 Å². The van der Waals surface area contributed by atoms with Gasteiger partial charge in [-0.1, -0.05) is 13.8 Å². The molecule has 2 aliphatic rings.